The van der Waals surface area contributed by atoms with Gasteiger partial charge in [0.1, 0.15) is 0 Å². The van der Waals surface area contributed by atoms with E-state index in [1.165, 1.54) is 340 Å². The van der Waals surface area contributed by atoms with Gasteiger partial charge in [-0.15, -0.1) is 0 Å². The Morgan fingerprint density at radius 1 is 0.324 bits per heavy atom. The summed E-state index contributed by atoms with van der Waals surface area (Å²) in [5.41, 5.74) is 0. The Kier molecular flexibility index (Phi) is 62.6. The van der Waals surface area contributed by atoms with E-state index in [2.05, 4.69) is 31.3 Å². The van der Waals surface area contributed by atoms with E-state index in [0.717, 1.165) is 25.7 Å². The first kappa shape index (κ1) is 70.1. The quantitative estimate of drug-likeness (QED) is 0.0420. The summed E-state index contributed by atoms with van der Waals surface area (Å²) >= 11 is 0. The molecule has 0 rings (SSSR count). The first-order valence-electron chi connectivity index (χ1n) is 33.4. The van der Waals surface area contributed by atoms with Crippen LogP contribution in [0.3, 0.4) is 0 Å². The Morgan fingerprint density at radius 3 is 0.775 bits per heavy atom. The van der Waals surface area contributed by atoms with E-state index in [9.17, 15) is 15.0 Å². The van der Waals surface area contributed by atoms with Crippen molar-refractivity contribution in [3.05, 3.63) is 12.2 Å². The zero-order valence-corrected chi connectivity index (χ0v) is 49.0. The van der Waals surface area contributed by atoms with Gasteiger partial charge in [-0.3, -0.25) is 4.79 Å². The lowest BCUT2D eigenvalue weighted by molar-refractivity contribution is -0.123. The Labute approximate surface area is 447 Å². The van der Waals surface area contributed by atoms with Crippen LogP contribution in [0.1, 0.15) is 393 Å². The fraction of sp³-hybridized carbons (Fsp3) is 0.955. The molecule has 2 atom stereocenters. The molecule has 0 saturated heterocycles. The molecule has 0 aliphatic carbocycles. The number of nitrogens with one attached hydrogen (secondary N) is 1. The first-order chi connectivity index (χ1) is 35.2. The third-order valence-corrected chi connectivity index (χ3v) is 16.0. The number of carbonyl (C=O) groups is 1. The molecule has 0 spiro atoms. The fourth-order valence-corrected chi connectivity index (χ4v) is 11.0. The Morgan fingerprint density at radius 2 is 0.535 bits per heavy atom. The van der Waals surface area contributed by atoms with Crippen LogP contribution in [0.15, 0.2) is 12.2 Å². The summed E-state index contributed by atoms with van der Waals surface area (Å²) in [7, 11) is 0. The van der Waals surface area contributed by atoms with Gasteiger partial charge >= 0.3 is 0 Å². The summed E-state index contributed by atoms with van der Waals surface area (Å²) < 4.78 is 0. The molecule has 4 heteroatoms. The van der Waals surface area contributed by atoms with Gasteiger partial charge in [0.15, 0.2) is 0 Å². The second-order valence-electron chi connectivity index (χ2n) is 23.2. The smallest absolute Gasteiger partial charge is 0.220 e. The van der Waals surface area contributed by atoms with Gasteiger partial charge < -0.3 is 15.5 Å². The average molecular weight is 1000 g/mol. The summed E-state index contributed by atoms with van der Waals surface area (Å²) in [6.45, 7) is 4.41. The van der Waals surface area contributed by atoms with E-state index in [1.54, 1.807) is 0 Å². The largest absolute Gasteiger partial charge is 0.394 e. The van der Waals surface area contributed by atoms with E-state index in [1.807, 2.05) is 0 Å². The number of unbranched alkanes of at least 4 members (excludes halogenated alkanes) is 54. The number of carbonyl (C=O) groups excluding carboxylic acids is 1. The molecule has 0 heterocycles. The molecule has 1 amide bonds. The van der Waals surface area contributed by atoms with Crippen molar-refractivity contribution in [2.75, 3.05) is 6.61 Å². The van der Waals surface area contributed by atoms with Crippen LogP contribution < -0.4 is 5.32 Å². The highest BCUT2D eigenvalue weighted by molar-refractivity contribution is 5.76. The zero-order valence-electron chi connectivity index (χ0n) is 49.0. The van der Waals surface area contributed by atoms with Crippen LogP contribution in [-0.2, 0) is 4.79 Å². The highest BCUT2D eigenvalue weighted by atomic mass is 16.3. The maximum absolute atomic E-state index is 12.5. The molecule has 0 aromatic heterocycles. The lowest BCUT2D eigenvalue weighted by atomic mass is 10.0. The zero-order chi connectivity index (χ0) is 51.3. The number of rotatable bonds is 63. The van der Waals surface area contributed by atoms with Crippen molar-refractivity contribution in [1.82, 2.24) is 5.32 Å². The van der Waals surface area contributed by atoms with Crippen LogP contribution in [-0.4, -0.2) is 34.9 Å². The highest BCUT2D eigenvalue weighted by Crippen LogP contribution is 2.19. The normalized spacial score (nSPS) is 12.7. The number of aliphatic hydroxyl groups excluding tert-OH is 2. The molecule has 424 valence electrons. The number of amides is 1. The summed E-state index contributed by atoms with van der Waals surface area (Å²) in [6, 6.07) is -0.534. The minimum Gasteiger partial charge on any atom is -0.394 e. The molecule has 3 N–H and O–H groups in total. The van der Waals surface area contributed by atoms with Gasteiger partial charge in [0.2, 0.25) is 5.91 Å². The second-order valence-corrected chi connectivity index (χ2v) is 23.2. The van der Waals surface area contributed by atoms with E-state index in [-0.39, 0.29) is 12.5 Å². The van der Waals surface area contributed by atoms with E-state index in [4.69, 9.17) is 0 Å². The van der Waals surface area contributed by atoms with Gasteiger partial charge in [0.05, 0.1) is 18.8 Å². The number of hydrogen-bond acceptors (Lipinski definition) is 3. The molecule has 4 nitrogen and oxygen atoms in total. The number of allylic oxidation sites excluding steroid dienone is 2. The third-order valence-electron chi connectivity index (χ3n) is 16.0. The Bertz CT molecular complexity index is 998. The van der Waals surface area contributed by atoms with Gasteiger partial charge in [-0.2, -0.15) is 0 Å². The molecule has 71 heavy (non-hydrogen) atoms. The average Bonchev–Trinajstić information content (AvgIpc) is 3.37. The molecule has 0 aromatic carbocycles. The van der Waals surface area contributed by atoms with Crippen molar-refractivity contribution in [3.63, 3.8) is 0 Å². The number of hydrogen-bond donors (Lipinski definition) is 3. The van der Waals surface area contributed by atoms with Crippen molar-refractivity contribution in [2.24, 2.45) is 0 Å². The van der Waals surface area contributed by atoms with Crippen molar-refractivity contribution in [2.45, 2.75) is 405 Å². The van der Waals surface area contributed by atoms with E-state index >= 15 is 0 Å². The van der Waals surface area contributed by atoms with Gasteiger partial charge in [-0.1, -0.05) is 360 Å². The van der Waals surface area contributed by atoms with Gasteiger partial charge in [0, 0.05) is 6.42 Å². The lowest BCUT2D eigenvalue weighted by Crippen LogP contribution is -2.45. The minimum atomic E-state index is -0.657. The molecule has 2 unspecified atom stereocenters. The molecular weight excluding hydrogens is 867 g/mol. The molecule has 0 aliphatic heterocycles. The van der Waals surface area contributed by atoms with Gasteiger partial charge in [-0.05, 0) is 38.5 Å². The summed E-state index contributed by atoms with van der Waals surface area (Å²) in [6.07, 6.45) is 84.0. The standard InChI is InChI=1S/C67H133NO3/c1-3-5-7-9-11-13-15-17-19-21-23-25-27-29-30-31-32-33-34-35-36-37-38-39-41-43-45-47-49-51-53-55-57-59-61-63-67(71)68-65(64-69)66(70)62-60-58-56-54-52-50-48-46-44-42-40-28-26-24-22-20-18-16-14-12-10-8-6-4-2/h21,23,65-66,69-70H,3-20,22,24-64H2,1-2H3,(H,68,71)/b23-21-. The molecule has 0 fully saturated rings. The van der Waals surface area contributed by atoms with Crippen molar-refractivity contribution in [3.8, 4) is 0 Å². The first-order valence-corrected chi connectivity index (χ1v) is 33.4. The van der Waals surface area contributed by atoms with Crippen LogP contribution in [0.2, 0.25) is 0 Å². The van der Waals surface area contributed by atoms with Crippen LogP contribution in [0.5, 0.6) is 0 Å². The molecule has 0 saturated carbocycles. The monoisotopic (exact) mass is 1000 g/mol. The van der Waals surface area contributed by atoms with Crippen LogP contribution in [0, 0.1) is 0 Å². The van der Waals surface area contributed by atoms with E-state index in [0.29, 0.717) is 12.8 Å². The van der Waals surface area contributed by atoms with E-state index < -0.39 is 12.1 Å². The minimum absolute atomic E-state index is 0.0210. The maximum atomic E-state index is 12.5. The second kappa shape index (κ2) is 63.4. The fourth-order valence-electron chi connectivity index (χ4n) is 11.0. The SMILES string of the molecule is CCCCCCCCCC/C=C\CCCCCCCCCCCCCCCCCCCCCCCCCC(=O)NC(CO)C(O)CCCCCCCCCCCCCCCCCCCCCCCCCC. The molecule has 0 radical (unpaired) electrons. The predicted octanol–water partition coefficient (Wildman–Crippen LogP) is 22.4. The highest BCUT2D eigenvalue weighted by Gasteiger charge is 2.20. The maximum Gasteiger partial charge on any atom is 0.220 e. The summed E-state index contributed by atoms with van der Waals surface area (Å²) in [5.74, 6) is -0.0210. The van der Waals surface area contributed by atoms with Crippen LogP contribution in [0.4, 0.5) is 0 Å². The molecule has 0 aliphatic rings. The van der Waals surface area contributed by atoms with Crippen LogP contribution >= 0.6 is 0 Å². The van der Waals surface area contributed by atoms with Crippen molar-refractivity contribution in [1.29, 1.82) is 0 Å². The van der Waals surface area contributed by atoms with Crippen molar-refractivity contribution < 1.29 is 15.0 Å². The Hall–Kier alpha value is -0.870. The van der Waals surface area contributed by atoms with Crippen molar-refractivity contribution >= 4 is 5.91 Å². The summed E-state index contributed by atoms with van der Waals surface area (Å²) in [4.78, 5) is 12.5. The molecule has 0 aromatic rings. The number of aliphatic hydroxyl groups is 2. The molecular formula is C67H133NO3. The summed E-state index contributed by atoms with van der Waals surface area (Å²) in [5, 5.41) is 23.4. The topological polar surface area (TPSA) is 69.6 Å². The van der Waals surface area contributed by atoms with Gasteiger partial charge in [0.25, 0.3) is 0 Å². The third kappa shape index (κ3) is 59.9. The predicted molar refractivity (Wildman–Crippen MR) is 318 cm³/mol. The lowest BCUT2D eigenvalue weighted by Gasteiger charge is -2.22. The van der Waals surface area contributed by atoms with Crippen LogP contribution in [0.25, 0.3) is 0 Å². The molecule has 0 bridgehead atoms. The van der Waals surface area contributed by atoms with Gasteiger partial charge in [-0.25, -0.2) is 0 Å². The Balaban J connectivity index is 3.37.